The highest BCUT2D eigenvalue weighted by molar-refractivity contribution is 5.27. The van der Waals surface area contributed by atoms with Crippen LogP contribution in [0.25, 0.3) is 0 Å². The predicted octanol–water partition coefficient (Wildman–Crippen LogP) is 4.85. The van der Waals surface area contributed by atoms with Crippen LogP contribution in [0.4, 0.5) is 0 Å². The summed E-state index contributed by atoms with van der Waals surface area (Å²) in [5.74, 6) is 0. The number of rotatable bonds is 6. The summed E-state index contributed by atoms with van der Waals surface area (Å²) in [6, 6.07) is 8.69. The first kappa shape index (κ1) is 15.3. The highest BCUT2D eigenvalue weighted by atomic mass is 15.1. The molecule has 0 unspecified atom stereocenters. The number of benzene rings is 1. The second kappa shape index (κ2) is 7.63. The Morgan fingerprint density at radius 3 is 2.58 bits per heavy atom. The standard InChI is InChI=1S/C18H25N/c1-6-9-18(12-15(3)4)19(7-2)14-17-11-8-10-16(5)13-17/h6,8-13H,1,7,14H2,2-5H3/b18-9+. The number of likely N-dealkylation sites (N-methyl/N-ethyl adjacent to an activating group) is 1. The molecule has 0 saturated carbocycles. The van der Waals surface area contributed by atoms with Gasteiger partial charge in [0.05, 0.1) is 0 Å². The van der Waals surface area contributed by atoms with Gasteiger partial charge in [-0.2, -0.15) is 0 Å². The molecule has 0 bridgehead atoms. The SMILES string of the molecule is C=C/C=C(\C=C(C)C)N(CC)Cc1cccc(C)c1. The lowest BCUT2D eigenvalue weighted by atomic mass is 10.1. The normalized spacial score (nSPS) is 11.1. The minimum atomic E-state index is 0.932. The van der Waals surface area contributed by atoms with Crippen LogP contribution < -0.4 is 0 Å². The van der Waals surface area contributed by atoms with Crippen molar-refractivity contribution in [2.75, 3.05) is 6.54 Å². The van der Waals surface area contributed by atoms with Crippen molar-refractivity contribution in [2.24, 2.45) is 0 Å². The van der Waals surface area contributed by atoms with Crippen LogP contribution in [0.15, 0.2) is 60.3 Å². The quantitative estimate of drug-likeness (QED) is 0.657. The van der Waals surface area contributed by atoms with Crippen LogP contribution in [0.2, 0.25) is 0 Å². The molecule has 0 aliphatic rings. The first-order valence-corrected chi connectivity index (χ1v) is 6.85. The third-order valence-corrected chi connectivity index (χ3v) is 2.93. The van der Waals surface area contributed by atoms with Crippen molar-refractivity contribution >= 4 is 0 Å². The molecule has 0 aliphatic carbocycles. The van der Waals surface area contributed by atoms with Gasteiger partial charge in [0.25, 0.3) is 0 Å². The highest BCUT2D eigenvalue weighted by Gasteiger charge is 2.06. The molecule has 0 spiro atoms. The average molecular weight is 255 g/mol. The van der Waals surface area contributed by atoms with E-state index in [9.17, 15) is 0 Å². The molecule has 0 aliphatic heterocycles. The smallest absolute Gasteiger partial charge is 0.0429 e. The second-order valence-corrected chi connectivity index (χ2v) is 5.05. The maximum atomic E-state index is 3.81. The lowest BCUT2D eigenvalue weighted by Crippen LogP contribution is -2.21. The fourth-order valence-electron chi connectivity index (χ4n) is 2.08. The van der Waals surface area contributed by atoms with Crippen molar-refractivity contribution in [2.45, 2.75) is 34.2 Å². The van der Waals surface area contributed by atoms with Gasteiger partial charge >= 0.3 is 0 Å². The Kier molecular flexibility index (Phi) is 6.14. The molecule has 0 aromatic heterocycles. The van der Waals surface area contributed by atoms with Gasteiger partial charge in [-0.25, -0.2) is 0 Å². The molecule has 0 radical (unpaired) electrons. The Balaban J connectivity index is 2.95. The molecule has 0 heterocycles. The van der Waals surface area contributed by atoms with E-state index in [1.54, 1.807) is 0 Å². The predicted molar refractivity (Wildman–Crippen MR) is 85.0 cm³/mol. The molecular formula is C18H25N. The van der Waals surface area contributed by atoms with Gasteiger partial charge in [-0.1, -0.05) is 48.1 Å². The summed E-state index contributed by atoms with van der Waals surface area (Å²) in [5.41, 5.74) is 5.18. The first-order valence-electron chi connectivity index (χ1n) is 6.85. The van der Waals surface area contributed by atoms with Crippen molar-refractivity contribution in [1.29, 1.82) is 0 Å². The van der Waals surface area contributed by atoms with Gasteiger partial charge < -0.3 is 4.90 Å². The summed E-state index contributed by atoms with van der Waals surface area (Å²) in [6.45, 7) is 14.3. The van der Waals surface area contributed by atoms with Gasteiger partial charge in [0.1, 0.15) is 0 Å². The second-order valence-electron chi connectivity index (χ2n) is 5.05. The topological polar surface area (TPSA) is 3.24 Å². The van der Waals surface area contributed by atoms with Crippen molar-refractivity contribution in [3.63, 3.8) is 0 Å². The van der Waals surface area contributed by atoms with Gasteiger partial charge in [0.15, 0.2) is 0 Å². The molecule has 102 valence electrons. The van der Waals surface area contributed by atoms with Crippen molar-refractivity contribution < 1.29 is 0 Å². The molecule has 0 saturated heterocycles. The van der Waals surface area contributed by atoms with Crippen LogP contribution in [-0.2, 0) is 6.54 Å². The van der Waals surface area contributed by atoms with Crippen LogP contribution in [0.1, 0.15) is 31.9 Å². The molecule has 0 fully saturated rings. The summed E-state index contributed by atoms with van der Waals surface area (Å²) in [6.07, 6.45) is 6.14. The third kappa shape index (κ3) is 5.17. The number of hydrogen-bond donors (Lipinski definition) is 0. The van der Waals surface area contributed by atoms with Crippen LogP contribution >= 0.6 is 0 Å². The maximum Gasteiger partial charge on any atom is 0.0429 e. The molecular weight excluding hydrogens is 230 g/mol. The molecule has 1 aromatic rings. The number of hydrogen-bond acceptors (Lipinski definition) is 1. The van der Waals surface area contributed by atoms with Gasteiger partial charge in [-0.3, -0.25) is 0 Å². The molecule has 1 heteroatoms. The molecule has 1 rings (SSSR count). The lowest BCUT2D eigenvalue weighted by molar-refractivity contribution is 0.366. The third-order valence-electron chi connectivity index (χ3n) is 2.93. The van der Waals surface area contributed by atoms with Crippen LogP contribution in [0.5, 0.6) is 0 Å². The highest BCUT2D eigenvalue weighted by Crippen LogP contribution is 2.15. The fourth-order valence-corrected chi connectivity index (χ4v) is 2.08. The van der Waals surface area contributed by atoms with E-state index >= 15 is 0 Å². The minimum Gasteiger partial charge on any atom is -0.367 e. The average Bonchev–Trinajstić information content (AvgIpc) is 2.35. The number of allylic oxidation sites excluding steroid dienone is 4. The lowest BCUT2D eigenvalue weighted by Gasteiger charge is -2.25. The molecule has 0 amide bonds. The van der Waals surface area contributed by atoms with E-state index < -0.39 is 0 Å². The monoisotopic (exact) mass is 255 g/mol. The minimum absolute atomic E-state index is 0.932. The van der Waals surface area contributed by atoms with E-state index in [1.807, 2.05) is 6.08 Å². The Bertz CT molecular complexity index is 476. The number of aryl methyl sites for hydroxylation is 1. The summed E-state index contributed by atoms with van der Waals surface area (Å²) >= 11 is 0. The van der Waals surface area contributed by atoms with E-state index in [0.29, 0.717) is 0 Å². The van der Waals surface area contributed by atoms with Gasteiger partial charge in [0.2, 0.25) is 0 Å². The molecule has 1 aromatic carbocycles. The Hall–Kier alpha value is -1.76. The summed E-state index contributed by atoms with van der Waals surface area (Å²) < 4.78 is 0. The Morgan fingerprint density at radius 2 is 2.05 bits per heavy atom. The van der Waals surface area contributed by atoms with Crippen molar-refractivity contribution in [3.8, 4) is 0 Å². The zero-order valence-corrected chi connectivity index (χ0v) is 12.6. The molecule has 0 N–H and O–H groups in total. The van der Waals surface area contributed by atoms with Gasteiger partial charge in [-0.05, 0) is 45.4 Å². The van der Waals surface area contributed by atoms with E-state index in [2.05, 4.69) is 75.6 Å². The van der Waals surface area contributed by atoms with Crippen molar-refractivity contribution in [1.82, 2.24) is 4.90 Å². The van der Waals surface area contributed by atoms with Gasteiger partial charge in [0, 0.05) is 18.8 Å². The van der Waals surface area contributed by atoms with Crippen LogP contribution in [0, 0.1) is 6.92 Å². The van der Waals surface area contributed by atoms with E-state index in [-0.39, 0.29) is 0 Å². The van der Waals surface area contributed by atoms with Crippen LogP contribution in [0.3, 0.4) is 0 Å². The first-order chi connectivity index (χ1) is 9.06. The summed E-state index contributed by atoms with van der Waals surface area (Å²) in [7, 11) is 0. The van der Waals surface area contributed by atoms with E-state index in [0.717, 1.165) is 13.1 Å². The Morgan fingerprint density at radius 1 is 1.32 bits per heavy atom. The van der Waals surface area contributed by atoms with Gasteiger partial charge in [-0.15, -0.1) is 0 Å². The largest absolute Gasteiger partial charge is 0.367 e. The van der Waals surface area contributed by atoms with Crippen LogP contribution in [-0.4, -0.2) is 11.4 Å². The molecule has 1 nitrogen and oxygen atoms in total. The van der Waals surface area contributed by atoms with E-state index in [4.69, 9.17) is 0 Å². The zero-order chi connectivity index (χ0) is 14.3. The molecule has 19 heavy (non-hydrogen) atoms. The summed E-state index contributed by atoms with van der Waals surface area (Å²) in [5, 5.41) is 0. The maximum absolute atomic E-state index is 3.81. The fraction of sp³-hybridized carbons (Fsp3) is 0.333. The van der Waals surface area contributed by atoms with E-state index in [1.165, 1.54) is 22.4 Å². The number of nitrogens with zero attached hydrogens (tertiary/aromatic N) is 1. The Labute approximate surface area is 118 Å². The van der Waals surface area contributed by atoms with Crippen molar-refractivity contribution in [3.05, 3.63) is 71.5 Å². The zero-order valence-electron chi connectivity index (χ0n) is 12.6. The summed E-state index contributed by atoms with van der Waals surface area (Å²) in [4.78, 5) is 2.36. The molecule has 0 atom stereocenters.